The third-order valence-electron chi connectivity index (χ3n) is 2.60. The van der Waals surface area contributed by atoms with Gasteiger partial charge < -0.3 is 5.32 Å². The number of rotatable bonds is 7. The van der Waals surface area contributed by atoms with Crippen LogP contribution in [0.2, 0.25) is 0 Å². The van der Waals surface area contributed by atoms with E-state index < -0.39 is 0 Å². The highest BCUT2D eigenvalue weighted by molar-refractivity contribution is 6.03. The summed E-state index contributed by atoms with van der Waals surface area (Å²) in [5, 5.41) is 2.88. The molecule has 0 radical (unpaired) electrons. The van der Waals surface area contributed by atoms with Crippen molar-refractivity contribution in [1.29, 1.82) is 0 Å². The molecule has 0 saturated carbocycles. The molecule has 0 atom stereocenters. The highest BCUT2D eigenvalue weighted by Crippen LogP contribution is 2.17. The number of amides is 1. The van der Waals surface area contributed by atoms with Gasteiger partial charge in [-0.2, -0.15) is 0 Å². The minimum atomic E-state index is -0.131. The van der Waals surface area contributed by atoms with E-state index in [1.165, 1.54) is 0 Å². The summed E-state index contributed by atoms with van der Waals surface area (Å²) in [5.41, 5.74) is 2.45. The fourth-order valence-electron chi connectivity index (χ4n) is 1.58. The summed E-state index contributed by atoms with van der Waals surface area (Å²) in [6.07, 6.45) is 5.73. The quantitative estimate of drug-likeness (QED) is 0.569. The van der Waals surface area contributed by atoms with Crippen molar-refractivity contribution in [2.45, 2.75) is 19.3 Å². The van der Waals surface area contributed by atoms with Crippen LogP contribution in [0.25, 0.3) is 0 Å². The third-order valence-corrected chi connectivity index (χ3v) is 2.60. The van der Waals surface area contributed by atoms with E-state index >= 15 is 0 Å². The Labute approximate surface area is 109 Å². The average molecular weight is 241 g/mol. The first-order valence-corrected chi connectivity index (χ1v) is 5.98. The number of carbonyl (C=O) groups is 1. The predicted molar refractivity (Wildman–Crippen MR) is 77.5 cm³/mol. The Morgan fingerprint density at radius 2 is 1.94 bits per heavy atom. The van der Waals surface area contributed by atoms with Crippen LogP contribution in [0.5, 0.6) is 0 Å². The molecule has 0 unspecified atom stereocenters. The average Bonchev–Trinajstić information content (AvgIpc) is 2.38. The van der Waals surface area contributed by atoms with E-state index in [4.69, 9.17) is 0 Å². The van der Waals surface area contributed by atoms with Crippen LogP contribution in [-0.4, -0.2) is 5.91 Å². The van der Waals surface area contributed by atoms with Crippen molar-refractivity contribution >= 4 is 11.6 Å². The minimum Gasteiger partial charge on any atom is -0.322 e. The molecule has 2 heteroatoms. The lowest BCUT2D eigenvalue weighted by atomic mass is 10.1. The zero-order valence-corrected chi connectivity index (χ0v) is 10.6. The smallest absolute Gasteiger partial charge is 0.251 e. The van der Waals surface area contributed by atoms with Crippen molar-refractivity contribution in [3.05, 3.63) is 67.3 Å². The van der Waals surface area contributed by atoms with Crippen LogP contribution in [0.15, 0.2) is 61.7 Å². The molecule has 0 aliphatic carbocycles. The zero-order valence-electron chi connectivity index (χ0n) is 10.6. The monoisotopic (exact) mass is 241 g/mol. The van der Waals surface area contributed by atoms with Gasteiger partial charge in [-0.05, 0) is 30.9 Å². The van der Waals surface area contributed by atoms with E-state index in [1.54, 1.807) is 6.08 Å². The lowest BCUT2D eigenvalue weighted by molar-refractivity contribution is -0.113. The molecular formula is C16H19NO. The van der Waals surface area contributed by atoms with Gasteiger partial charge in [-0.25, -0.2) is 0 Å². The fraction of sp³-hybridized carbons (Fsp3) is 0.188. The van der Waals surface area contributed by atoms with Crippen molar-refractivity contribution in [3.8, 4) is 0 Å². The van der Waals surface area contributed by atoms with Gasteiger partial charge in [0.15, 0.2) is 0 Å². The van der Waals surface area contributed by atoms with Gasteiger partial charge in [0.1, 0.15) is 0 Å². The van der Waals surface area contributed by atoms with Crippen LogP contribution in [-0.2, 0) is 11.2 Å². The Bertz CT molecular complexity index is 460. The van der Waals surface area contributed by atoms with E-state index in [0.29, 0.717) is 12.0 Å². The molecule has 1 rings (SSSR count). The van der Waals surface area contributed by atoms with Crippen LogP contribution < -0.4 is 5.32 Å². The number of hydrogen-bond acceptors (Lipinski definition) is 1. The number of allylic oxidation sites excluding steroid dienone is 2. The first kappa shape index (κ1) is 14.0. The summed E-state index contributed by atoms with van der Waals surface area (Å²) in [4.78, 5) is 11.9. The molecule has 1 amide bonds. The summed E-state index contributed by atoms with van der Waals surface area (Å²) < 4.78 is 0. The molecule has 94 valence electrons. The van der Waals surface area contributed by atoms with Gasteiger partial charge >= 0.3 is 0 Å². The molecule has 1 N–H and O–H groups in total. The maximum absolute atomic E-state index is 11.9. The Balaban J connectivity index is 2.71. The molecule has 0 spiro atoms. The van der Waals surface area contributed by atoms with E-state index in [0.717, 1.165) is 24.1 Å². The topological polar surface area (TPSA) is 29.1 Å². The maximum Gasteiger partial charge on any atom is 0.251 e. The molecule has 18 heavy (non-hydrogen) atoms. The van der Waals surface area contributed by atoms with Crippen LogP contribution >= 0.6 is 0 Å². The lowest BCUT2D eigenvalue weighted by Gasteiger charge is -2.10. The molecule has 0 bridgehead atoms. The van der Waals surface area contributed by atoms with Crippen molar-refractivity contribution < 1.29 is 4.79 Å². The maximum atomic E-state index is 11.9. The summed E-state index contributed by atoms with van der Waals surface area (Å²) in [6, 6.07) is 7.71. The Hall–Kier alpha value is -2.09. The lowest BCUT2D eigenvalue weighted by Crippen LogP contribution is -2.14. The van der Waals surface area contributed by atoms with Crippen LogP contribution in [0.4, 0.5) is 5.69 Å². The van der Waals surface area contributed by atoms with Gasteiger partial charge in [0, 0.05) is 11.3 Å². The van der Waals surface area contributed by atoms with Crippen LogP contribution in [0.1, 0.15) is 18.4 Å². The first-order valence-electron chi connectivity index (χ1n) is 5.98. The zero-order chi connectivity index (χ0) is 13.4. The minimum absolute atomic E-state index is 0.131. The number of anilines is 1. The van der Waals surface area contributed by atoms with Gasteiger partial charge in [-0.15, -0.1) is 13.2 Å². The van der Waals surface area contributed by atoms with Crippen LogP contribution in [0.3, 0.4) is 0 Å². The van der Waals surface area contributed by atoms with Crippen molar-refractivity contribution in [2.24, 2.45) is 0 Å². The first-order chi connectivity index (χ1) is 8.69. The van der Waals surface area contributed by atoms with Crippen LogP contribution in [0, 0.1) is 0 Å². The normalized spacial score (nSPS) is 9.56. The van der Waals surface area contributed by atoms with E-state index in [2.05, 4.69) is 25.1 Å². The summed E-state index contributed by atoms with van der Waals surface area (Å²) in [5.74, 6) is -0.131. The summed E-state index contributed by atoms with van der Waals surface area (Å²) in [7, 11) is 0. The number of carbonyl (C=O) groups excluding carboxylic acids is 1. The standard InChI is InChI=1S/C16H19NO/c1-4-6-10-13(3)16(18)17-15-12-8-7-11-14(15)9-5-2/h4-5,7-8,11-12H,1-3,6,9-10H2,(H,17,18). The molecule has 2 nitrogen and oxygen atoms in total. The van der Waals surface area contributed by atoms with E-state index in [1.807, 2.05) is 30.3 Å². The SMILES string of the molecule is C=CCCC(=C)C(=O)Nc1ccccc1CC=C. The summed E-state index contributed by atoms with van der Waals surface area (Å²) >= 11 is 0. The van der Waals surface area contributed by atoms with Crippen molar-refractivity contribution in [1.82, 2.24) is 0 Å². The highest BCUT2D eigenvalue weighted by atomic mass is 16.1. The molecule has 0 aromatic heterocycles. The van der Waals surface area contributed by atoms with E-state index in [9.17, 15) is 4.79 Å². The molecule has 0 aliphatic heterocycles. The van der Waals surface area contributed by atoms with Gasteiger partial charge in [0.2, 0.25) is 0 Å². The highest BCUT2D eigenvalue weighted by Gasteiger charge is 2.08. The molecule has 0 saturated heterocycles. The molecule has 1 aromatic rings. The largest absolute Gasteiger partial charge is 0.322 e. The van der Waals surface area contributed by atoms with Gasteiger partial charge in [0.25, 0.3) is 5.91 Å². The second-order valence-electron chi connectivity index (χ2n) is 4.03. The molecular weight excluding hydrogens is 222 g/mol. The predicted octanol–water partition coefficient (Wildman–Crippen LogP) is 3.88. The number of hydrogen-bond donors (Lipinski definition) is 1. The molecule has 0 aliphatic rings. The second kappa shape index (κ2) is 7.28. The van der Waals surface area contributed by atoms with Gasteiger partial charge in [-0.1, -0.05) is 36.9 Å². The molecule has 1 aromatic carbocycles. The number of benzene rings is 1. The van der Waals surface area contributed by atoms with Gasteiger partial charge in [-0.3, -0.25) is 4.79 Å². The Morgan fingerprint density at radius 1 is 1.22 bits per heavy atom. The van der Waals surface area contributed by atoms with E-state index in [-0.39, 0.29) is 5.91 Å². The third kappa shape index (κ3) is 4.06. The second-order valence-corrected chi connectivity index (χ2v) is 4.03. The summed E-state index contributed by atoms with van der Waals surface area (Å²) in [6.45, 7) is 11.1. The Kier molecular flexibility index (Phi) is 5.65. The Morgan fingerprint density at radius 3 is 2.61 bits per heavy atom. The number of para-hydroxylation sites is 1. The molecule has 0 fully saturated rings. The molecule has 0 heterocycles. The van der Waals surface area contributed by atoms with Crippen molar-refractivity contribution in [3.63, 3.8) is 0 Å². The number of nitrogens with one attached hydrogen (secondary N) is 1. The van der Waals surface area contributed by atoms with Crippen molar-refractivity contribution in [2.75, 3.05) is 5.32 Å². The fourth-order valence-corrected chi connectivity index (χ4v) is 1.58. The van der Waals surface area contributed by atoms with Gasteiger partial charge in [0.05, 0.1) is 0 Å².